The Balaban J connectivity index is 1.89. The second-order valence-electron chi connectivity index (χ2n) is 5.96. The van der Waals surface area contributed by atoms with Crippen molar-refractivity contribution in [3.05, 3.63) is 47.2 Å². The molecule has 120 valence electrons. The summed E-state index contributed by atoms with van der Waals surface area (Å²) in [5.74, 6) is 0.733. The summed E-state index contributed by atoms with van der Waals surface area (Å²) >= 11 is 0. The van der Waals surface area contributed by atoms with E-state index in [1.54, 1.807) is 14.2 Å². The van der Waals surface area contributed by atoms with Gasteiger partial charge in [-0.1, -0.05) is 30.7 Å². The van der Waals surface area contributed by atoms with Crippen molar-refractivity contribution < 1.29 is 14.3 Å². The van der Waals surface area contributed by atoms with Crippen molar-refractivity contribution in [1.82, 2.24) is 0 Å². The SMILES string of the molecule is CO/C=C1/CCCC[C@@H]1CCC(=O)c1ccc(COC)cc1. The number of allylic oxidation sites excluding steroid dienone is 1. The van der Waals surface area contributed by atoms with Crippen molar-refractivity contribution in [2.75, 3.05) is 14.2 Å². The molecule has 1 aliphatic carbocycles. The molecule has 0 bridgehead atoms. The van der Waals surface area contributed by atoms with Gasteiger partial charge >= 0.3 is 0 Å². The van der Waals surface area contributed by atoms with Crippen LogP contribution in [0.2, 0.25) is 0 Å². The summed E-state index contributed by atoms with van der Waals surface area (Å²) in [5, 5.41) is 0. The van der Waals surface area contributed by atoms with E-state index in [9.17, 15) is 4.79 Å². The third kappa shape index (κ3) is 4.70. The number of carbonyl (C=O) groups excluding carboxylic acids is 1. The maximum absolute atomic E-state index is 12.3. The van der Waals surface area contributed by atoms with E-state index in [0.717, 1.165) is 24.0 Å². The Morgan fingerprint density at radius 2 is 2.00 bits per heavy atom. The van der Waals surface area contributed by atoms with Gasteiger partial charge in [-0.05, 0) is 42.7 Å². The van der Waals surface area contributed by atoms with Crippen LogP contribution < -0.4 is 0 Å². The van der Waals surface area contributed by atoms with Crippen molar-refractivity contribution in [2.24, 2.45) is 5.92 Å². The van der Waals surface area contributed by atoms with E-state index in [-0.39, 0.29) is 5.78 Å². The zero-order chi connectivity index (χ0) is 15.8. The number of methoxy groups -OCH3 is 2. The number of ketones is 1. The molecule has 1 saturated carbocycles. The fraction of sp³-hybridized carbons (Fsp3) is 0.526. The molecule has 1 aliphatic rings. The molecule has 0 saturated heterocycles. The molecule has 0 unspecified atom stereocenters. The molecule has 1 aromatic rings. The average Bonchev–Trinajstić information content (AvgIpc) is 2.55. The van der Waals surface area contributed by atoms with Crippen LogP contribution >= 0.6 is 0 Å². The molecular weight excluding hydrogens is 276 g/mol. The van der Waals surface area contributed by atoms with Crippen LogP contribution in [0.5, 0.6) is 0 Å². The first-order valence-electron chi connectivity index (χ1n) is 8.07. The summed E-state index contributed by atoms with van der Waals surface area (Å²) in [6.45, 7) is 0.585. The lowest BCUT2D eigenvalue weighted by Gasteiger charge is -2.24. The van der Waals surface area contributed by atoms with Crippen LogP contribution in [0.15, 0.2) is 36.1 Å². The minimum absolute atomic E-state index is 0.228. The van der Waals surface area contributed by atoms with Gasteiger partial charge in [-0.15, -0.1) is 0 Å². The lowest BCUT2D eigenvalue weighted by molar-refractivity contribution is 0.0973. The number of ether oxygens (including phenoxy) is 2. The number of Topliss-reactive ketones (excluding diaryl/α,β-unsaturated/α-hetero) is 1. The van der Waals surface area contributed by atoms with Gasteiger partial charge in [0.25, 0.3) is 0 Å². The minimum Gasteiger partial charge on any atom is -0.504 e. The second-order valence-corrected chi connectivity index (χ2v) is 5.96. The van der Waals surface area contributed by atoms with E-state index in [1.807, 2.05) is 30.5 Å². The van der Waals surface area contributed by atoms with Gasteiger partial charge < -0.3 is 9.47 Å². The second kappa shape index (κ2) is 8.74. The summed E-state index contributed by atoms with van der Waals surface area (Å²) in [4.78, 5) is 12.3. The highest BCUT2D eigenvalue weighted by atomic mass is 16.5. The first-order chi connectivity index (χ1) is 10.7. The van der Waals surface area contributed by atoms with Gasteiger partial charge in [-0.2, -0.15) is 0 Å². The van der Waals surface area contributed by atoms with E-state index < -0.39 is 0 Å². The monoisotopic (exact) mass is 302 g/mol. The maximum atomic E-state index is 12.3. The predicted molar refractivity (Wildman–Crippen MR) is 87.8 cm³/mol. The van der Waals surface area contributed by atoms with Gasteiger partial charge in [-0.25, -0.2) is 0 Å². The van der Waals surface area contributed by atoms with Gasteiger partial charge in [0.1, 0.15) is 0 Å². The van der Waals surface area contributed by atoms with E-state index in [4.69, 9.17) is 9.47 Å². The molecule has 0 radical (unpaired) electrons. The largest absolute Gasteiger partial charge is 0.504 e. The van der Waals surface area contributed by atoms with Crippen LogP contribution in [-0.2, 0) is 16.1 Å². The standard InChI is InChI=1S/C19H26O3/c1-21-13-15-7-9-17(10-8-15)19(20)12-11-16-5-3-4-6-18(16)14-22-2/h7-10,14,16H,3-6,11-13H2,1-2H3/b18-14-/t16-/m1/s1. The Hall–Kier alpha value is -1.61. The molecule has 0 aromatic heterocycles. The smallest absolute Gasteiger partial charge is 0.162 e. The molecule has 1 aromatic carbocycles. The van der Waals surface area contributed by atoms with Crippen LogP contribution in [0.4, 0.5) is 0 Å². The van der Waals surface area contributed by atoms with Crippen LogP contribution in [0, 0.1) is 5.92 Å². The quantitative estimate of drug-likeness (QED) is 0.549. The minimum atomic E-state index is 0.228. The van der Waals surface area contributed by atoms with Gasteiger partial charge in [-0.3, -0.25) is 4.79 Å². The molecule has 2 rings (SSSR count). The van der Waals surface area contributed by atoms with Gasteiger partial charge in [0.15, 0.2) is 5.78 Å². The van der Waals surface area contributed by atoms with Crippen LogP contribution in [0.1, 0.15) is 54.4 Å². The highest BCUT2D eigenvalue weighted by Gasteiger charge is 2.20. The summed E-state index contributed by atoms with van der Waals surface area (Å²) in [6.07, 6.45) is 8.19. The molecule has 1 fully saturated rings. The first kappa shape index (κ1) is 16.8. The third-order valence-corrected chi connectivity index (χ3v) is 4.37. The van der Waals surface area contributed by atoms with E-state index in [0.29, 0.717) is 18.9 Å². The number of hydrogen-bond acceptors (Lipinski definition) is 3. The average molecular weight is 302 g/mol. The third-order valence-electron chi connectivity index (χ3n) is 4.37. The van der Waals surface area contributed by atoms with Crippen molar-refractivity contribution in [1.29, 1.82) is 0 Å². The fourth-order valence-electron chi connectivity index (χ4n) is 3.15. The van der Waals surface area contributed by atoms with E-state index in [2.05, 4.69) is 0 Å². The van der Waals surface area contributed by atoms with Crippen LogP contribution in [0.3, 0.4) is 0 Å². The molecule has 3 nitrogen and oxygen atoms in total. The van der Waals surface area contributed by atoms with Crippen molar-refractivity contribution in [3.8, 4) is 0 Å². The molecule has 1 atom stereocenters. The Bertz CT molecular complexity index is 502. The molecular formula is C19H26O3. The summed E-state index contributed by atoms with van der Waals surface area (Å²) in [7, 11) is 3.37. The van der Waals surface area contributed by atoms with Gasteiger partial charge in [0.05, 0.1) is 20.0 Å². The van der Waals surface area contributed by atoms with E-state index in [1.165, 1.54) is 24.8 Å². The zero-order valence-electron chi connectivity index (χ0n) is 13.6. The molecule has 3 heteroatoms. The Labute approximate surface area is 133 Å². The highest BCUT2D eigenvalue weighted by molar-refractivity contribution is 5.96. The molecule has 22 heavy (non-hydrogen) atoms. The van der Waals surface area contributed by atoms with Gasteiger partial charge in [0, 0.05) is 19.1 Å². The van der Waals surface area contributed by atoms with Crippen molar-refractivity contribution in [2.45, 2.75) is 45.1 Å². The Morgan fingerprint density at radius 1 is 1.23 bits per heavy atom. The lowest BCUT2D eigenvalue weighted by Crippen LogP contribution is -2.12. The summed E-state index contributed by atoms with van der Waals surface area (Å²) in [6, 6.07) is 7.74. The van der Waals surface area contributed by atoms with Gasteiger partial charge in [0.2, 0.25) is 0 Å². The highest BCUT2D eigenvalue weighted by Crippen LogP contribution is 2.33. The normalized spacial score (nSPS) is 20.1. The number of rotatable bonds is 7. The van der Waals surface area contributed by atoms with Crippen LogP contribution in [0.25, 0.3) is 0 Å². The Morgan fingerprint density at radius 3 is 2.68 bits per heavy atom. The molecule has 0 aliphatic heterocycles. The van der Waals surface area contributed by atoms with Crippen molar-refractivity contribution in [3.63, 3.8) is 0 Å². The summed E-state index contributed by atoms with van der Waals surface area (Å²) < 4.78 is 10.3. The lowest BCUT2D eigenvalue weighted by atomic mass is 9.81. The fourth-order valence-corrected chi connectivity index (χ4v) is 3.15. The zero-order valence-corrected chi connectivity index (χ0v) is 13.6. The predicted octanol–water partition coefficient (Wildman–Crippen LogP) is 4.52. The van der Waals surface area contributed by atoms with Crippen molar-refractivity contribution >= 4 is 5.78 Å². The first-order valence-corrected chi connectivity index (χ1v) is 8.07. The molecule has 0 spiro atoms. The number of carbonyl (C=O) groups is 1. The molecule has 0 N–H and O–H groups in total. The number of benzene rings is 1. The molecule has 0 heterocycles. The summed E-state index contributed by atoms with van der Waals surface area (Å²) in [5.41, 5.74) is 3.27. The number of hydrogen-bond donors (Lipinski definition) is 0. The topological polar surface area (TPSA) is 35.5 Å². The molecule has 0 amide bonds. The Kier molecular flexibility index (Phi) is 6.66. The maximum Gasteiger partial charge on any atom is 0.162 e. The van der Waals surface area contributed by atoms with E-state index >= 15 is 0 Å². The van der Waals surface area contributed by atoms with Crippen LogP contribution in [-0.4, -0.2) is 20.0 Å².